The second-order valence-corrected chi connectivity index (χ2v) is 5.89. The molecule has 1 aromatic rings. The Labute approximate surface area is 152 Å². The summed E-state index contributed by atoms with van der Waals surface area (Å²) in [5, 5.41) is 27.4. The van der Waals surface area contributed by atoms with Crippen LogP contribution in [0.4, 0.5) is 10.1 Å². The summed E-state index contributed by atoms with van der Waals surface area (Å²) in [6.07, 6.45) is 1.39. The van der Waals surface area contributed by atoms with Crippen LogP contribution in [0.3, 0.4) is 0 Å². The molecule has 1 amide bonds. The van der Waals surface area contributed by atoms with Gasteiger partial charge in [-0.15, -0.1) is 0 Å². The van der Waals surface area contributed by atoms with E-state index in [9.17, 15) is 14.4 Å². The summed E-state index contributed by atoms with van der Waals surface area (Å²) in [7, 11) is 0. The smallest absolute Gasteiger partial charge is 0.266 e. The molecule has 8 heteroatoms. The SMILES string of the molecule is N#C/C(=C/N(CCO)CCO)C(=O)N1CCN(c2ccc(F)cc2)CC1. The first-order valence-electron chi connectivity index (χ1n) is 8.46. The summed E-state index contributed by atoms with van der Waals surface area (Å²) in [6, 6.07) is 8.12. The van der Waals surface area contributed by atoms with Gasteiger partial charge in [0.2, 0.25) is 0 Å². The summed E-state index contributed by atoms with van der Waals surface area (Å²) in [5.41, 5.74) is 0.869. The average molecular weight is 362 g/mol. The molecule has 140 valence electrons. The van der Waals surface area contributed by atoms with Crippen molar-refractivity contribution in [3.8, 4) is 6.07 Å². The number of aliphatic hydroxyl groups is 2. The Balaban J connectivity index is 1.99. The fourth-order valence-corrected chi connectivity index (χ4v) is 2.80. The van der Waals surface area contributed by atoms with Gasteiger partial charge in [0.25, 0.3) is 5.91 Å². The van der Waals surface area contributed by atoms with Crippen LogP contribution in [0.25, 0.3) is 0 Å². The Morgan fingerprint density at radius 2 is 1.73 bits per heavy atom. The normalized spacial score (nSPS) is 14.9. The minimum absolute atomic E-state index is 0.0258. The summed E-state index contributed by atoms with van der Waals surface area (Å²) in [5.74, 6) is -0.659. The molecule has 0 aliphatic carbocycles. The lowest BCUT2D eigenvalue weighted by Crippen LogP contribution is -2.49. The van der Waals surface area contributed by atoms with Gasteiger partial charge in [0.1, 0.15) is 17.5 Å². The monoisotopic (exact) mass is 362 g/mol. The first-order valence-corrected chi connectivity index (χ1v) is 8.46. The van der Waals surface area contributed by atoms with Gasteiger partial charge in [0.15, 0.2) is 0 Å². The molecule has 0 atom stereocenters. The number of anilines is 1. The number of nitrogens with zero attached hydrogens (tertiary/aromatic N) is 4. The molecule has 0 radical (unpaired) electrons. The predicted molar refractivity (Wildman–Crippen MR) is 94.6 cm³/mol. The summed E-state index contributed by atoms with van der Waals surface area (Å²) in [4.78, 5) is 17.8. The van der Waals surface area contributed by atoms with Crippen LogP contribution in [0, 0.1) is 17.1 Å². The summed E-state index contributed by atoms with van der Waals surface area (Å²) >= 11 is 0. The van der Waals surface area contributed by atoms with E-state index >= 15 is 0 Å². The van der Waals surface area contributed by atoms with E-state index in [1.165, 1.54) is 18.3 Å². The Morgan fingerprint density at radius 3 is 2.23 bits per heavy atom. The molecule has 0 spiro atoms. The maximum Gasteiger partial charge on any atom is 0.266 e. The third-order valence-electron chi connectivity index (χ3n) is 4.20. The molecule has 1 aliphatic rings. The van der Waals surface area contributed by atoms with Gasteiger partial charge in [0.05, 0.1) is 13.2 Å². The number of benzene rings is 1. The van der Waals surface area contributed by atoms with E-state index in [4.69, 9.17) is 10.2 Å². The molecule has 0 saturated carbocycles. The van der Waals surface area contributed by atoms with Crippen molar-refractivity contribution in [3.05, 3.63) is 41.9 Å². The van der Waals surface area contributed by atoms with E-state index < -0.39 is 0 Å². The zero-order chi connectivity index (χ0) is 18.9. The molecule has 2 N–H and O–H groups in total. The average Bonchev–Trinajstić information content (AvgIpc) is 2.66. The maximum atomic E-state index is 13.0. The van der Waals surface area contributed by atoms with Crippen LogP contribution in [0.5, 0.6) is 0 Å². The van der Waals surface area contributed by atoms with Crippen LogP contribution in [0.15, 0.2) is 36.0 Å². The van der Waals surface area contributed by atoms with Gasteiger partial charge in [-0.3, -0.25) is 4.79 Å². The number of carbonyl (C=O) groups excluding carboxylic acids is 1. The molecule has 2 rings (SSSR count). The number of rotatable bonds is 7. The molecular weight excluding hydrogens is 339 g/mol. The van der Waals surface area contributed by atoms with Gasteiger partial charge in [-0.05, 0) is 24.3 Å². The number of halogens is 1. The number of aliphatic hydroxyl groups excluding tert-OH is 2. The topological polar surface area (TPSA) is 91.0 Å². The second-order valence-electron chi connectivity index (χ2n) is 5.89. The molecule has 0 unspecified atom stereocenters. The third kappa shape index (κ3) is 5.18. The van der Waals surface area contributed by atoms with Gasteiger partial charge >= 0.3 is 0 Å². The third-order valence-corrected chi connectivity index (χ3v) is 4.20. The Bertz CT molecular complexity index is 658. The van der Waals surface area contributed by atoms with Crippen molar-refractivity contribution < 1.29 is 19.4 Å². The van der Waals surface area contributed by atoms with E-state index in [-0.39, 0.29) is 43.6 Å². The lowest BCUT2D eigenvalue weighted by Gasteiger charge is -2.36. The largest absolute Gasteiger partial charge is 0.395 e. The van der Waals surface area contributed by atoms with Crippen LogP contribution in [0.2, 0.25) is 0 Å². The molecule has 7 nitrogen and oxygen atoms in total. The Kier molecular flexibility index (Phi) is 7.38. The molecule has 1 heterocycles. The number of piperazine rings is 1. The van der Waals surface area contributed by atoms with Gasteiger partial charge < -0.3 is 24.9 Å². The summed E-state index contributed by atoms with van der Waals surface area (Å²) < 4.78 is 13.0. The van der Waals surface area contributed by atoms with Crippen molar-refractivity contribution in [1.82, 2.24) is 9.80 Å². The molecule has 1 fully saturated rings. The quantitative estimate of drug-likeness (QED) is 0.531. The molecule has 1 aliphatic heterocycles. The van der Waals surface area contributed by atoms with Crippen LogP contribution >= 0.6 is 0 Å². The predicted octanol–water partition coefficient (Wildman–Crippen LogP) is 0.168. The van der Waals surface area contributed by atoms with Gasteiger partial charge in [-0.25, -0.2) is 4.39 Å². The van der Waals surface area contributed by atoms with Crippen molar-refractivity contribution in [2.24, 2.45) is 0 Å². The van der Waals surface area contributed by atoms with Crippen molar-refractivity contribution in [2.45, 2.75) is 0 Å². The van der Waals surface area contributed by atoms with Gasteiger partial charge in [-0.1, -0.05) is 0 Å². The molecule has 1 saturated heterocycles. The molecule has 0 bridgehead atoms. The number of hydrogen-bond donors (Lipinski definition) is 2. The number of nitriles is 1. The van der Waals surface area contributed by atoms with E-state index in [1.807, 2.05) is 6.07 Å². The van der Waals surface area contributed by atoms with E-state index in [0.717, 1.165) is 5.69 Å². The standard InChI is InChI=1S/C18H23FN4O3/c19-16-1-3-17(4-2-16)22-5-7-23(8-6-22)18(26)15(13-20)14-21(9-11-24)10-12-25/h1-4,14,24-25H,5-12H2/b15-14-. The number of carbonyl (C=O) groups is 1. The highest BCUT2D eigenvalue weighted by Gasteiger charge is 2.24. The van der Waals surface area contributed by atoms with Crippen molar-refractivity contribution in [2.75, 3.05) is 57.4 Å². The maximum absolute atomic E-state index is 13.0. The molecule has 0 aromatic heterocycles. The first-order chi connectivity index (χ1) is 12.6. The Morgan fingerprint density at radius 1 is 1.15 bits per heavy atom. The van der Waals surface area contributed by atoms with Crippen molar-refractivity contribution in [1.29, 1.82) is 5.26 Å². The second kappa shape index (κ2) is 9.75. The van der Waals surface area contributed by atoms with Crippen molar-refractivity contribution >= 4 is 11.6 Å². The first kappa shape index (κ1) is 19.7. The van der Waals surface area contributed by atoms with Crippen molar-refractivity contribution in [3.63, 3.8) is 0 Å². The molecule has 1 aromatic carbocycles. The van der Waals surface area contributed by atoms with Crippen LogP contribution in [-0.2, 0) is 4.79 Å². The minimum Gasteiger partial charge on any atom is -0.395 e. The van der Waals surface area contributed by atoms with Crippen LogP contribution in [0.1, 0.15) is 0 Å². The zero-order valence-electron chi connectivity index (χ0n) is 14.5. The summed E-state index contributed by atoms with van der Waals surface area (Å²) in [6.45, 7) is 2.28. The molecule has 26 heavy (non-hydrogen) atoms. The fraction of sp³-hybridized carbons (Fsp3) is 0.444. The van der Waals surface area contributed by atoms with E-state index in [0.29, 0.717) is 26.2 Å². The van der Waals surface area contributed by atoms with E-state index in [2.05, 4.69) is 4.90 Å². The lowest BCUT2D eigenvalue weighted by molar-refractivity contribution is -0.127. The number of hydrogen-bond acceptors (Lipinski definition) is 6. The zero-order valence-corrected chi connectivity index (χ0v) is 14.5. The minimum atomic E-state index is -0.368. The fourth-order valence-electron chi connectivity index (χ4n) is 2.80. The highest BCUT2D eigenvalue weighted by atomic mass is 19.1. The lowest BCUT2D eigenvalue weighted by atomic mass is 10.2. The number of amides is 1. The molecular formula is C18H23FN4O3. The van der Waals surface area contributed by atoms with Crippen LogP contribution < -0.4 is 4.90 Å². The van der Waals surface area contributed by atoms with E-state index in [1.54, 1.807) is 21.9 Å². The van der Waals surface area contributed by atoms with Crippen LogP contribution in [-0.4, -0.2) is 78.4 Å². The Hall–Kier alpha value is -2.63. The highest BCUT2D eigenvalue weighted by Crippen LogP contribution is 2.17. The van der Waals surface area contributed by atoms with Gasteiger partial charge in [0, 0.05) is 51.2 Å². The highest BCUT2D eigenvalue weighted by molar-refractivity contribution is 5.97. The van der Waals surface area contributed by atoms with Gasteiger partial charge in [-0.2, -0.15) is 5.26 Å².